The lowest BCUT2D eigenvalue weighted by Gasteiger charge is -2.29. The molecule has 0 bridgehead atoms. The van der Waals surface area contributed by atoms with E-state index in [4.69, 9.17) is 4.74 Å². The largest absolute Gasteiger partial charge is 0.378 e. The molecule has 3 aromatic rings. The smallest absolute Gasteiger partial charge is 0.191 e. The average molecular weight is 444 g/mol. The van der Waals surface area contributed by atoms with Crippen LogP contribution in [0.3, 0.4) is 0 Å². The van der Waals surface area contributed by atoms with Gasteiger partial charge in [-0.15, -0.1) is 0 Å². The fraction of sp³-hybridized carbons (Fsp3) is 0.333. The lowest BCUT2D eigenvalue weighted by molar-refractivity contribution is 0.122. The predicted octanol–water partition coefficient (Wildman–Crippen LogP) is 3.61. The van der Waals surface area contributed by atoms with Crippen molar-refractivity contribution in [2.75, 3.05) is 44.8 Å². The number of morpholine rings is 1. The molecule has 2 N–H and O–H groups in total. The van der Waals surface area contributed by atoms with E-state index in [1.54, 1.807) is 0 Å². The molecule has 1 aliphatic rings. The Kier molecular flexibility index (Phi) is 8.30. The molecule has 0 radical (unpaired) electrons. The second-order valence-corrected chi connectivity index (χ2v) is 8.19. The predicted molar refractivity (Wildman–Crippen MR) is 135 cm³/mol. The SMILES string of the molecule is CN=C(NCc1cccnc1N1CCOCC1)NCC(Cc1ccccc1)c1ccccc1. The first kappa shape index (κ1) is 22.8. The van der Waals surface area contributed by atoms with Crippen LogP contribution in [0.15, 0.2) is 84.0 Å². The molecule has 1 atom stereocenters. The molecule has 6 heteroatoms. The van der Waals surface area contributed by atoms with Gasteiger partial charge in [-0.05, 0) is 23.6 Å². The van der Waals surface area contributed by atoms with Crippen LogP contribution in [0.2, 0.25) is 0 Å². The Labute approximate surface area is 196 Å². The van der Waals surface area contributed by atoms with Crippen molar-refractivity contribution in [2.45, 2.75) is 18.9 Å². The van der Waals surface area contributed by atoms with Crippen molar-refractivity contribution in [2.24, 2.45) is 4.99 Å². The molecule has 33 heavy (non-hydrogen) atoms. The summed E-state index contributed by atoms with van der Waals surface area (Å²) in [5.74, 6) is 2.16. The Hall–Kier alpha value is -3.38. The van der Waals surface area contributed by atoms with Crippen LogP contribution in [0.5, 0.6) is 0 Å². The Balaban J connectivity index is 1.39. The molecule has 0 saturated carbocycles. The van der Waals surface area contributed by atoms with Crippen molar-refractivity contribution >= 4 is 11.8 Å². The first-order valence-corrected chi connectivity index (χ1v) is 11.6. The number of nitrogens with one attached hydrogen (secondary N) is 2. The summed E-state index contributed by atoms with van der Waals surface area (Å²) in [5, 5.41) is 7.02. The van der Waals surface area contributed by atoms with Gasteiger partial charge in [-0.2, -0.15) is 0 Å². The van der Waals surface area contributed by atoms with Crippen molar-refractivity contribution in [3.63, 3.8) is 0 Å². The van der Waals surface area contributed by atoms with E-state index in [0.29, 0.717) is 12.5 Å². The second-order valence-electron chi connectivity index (χ2n) is 8.19. The molecule has 0 amide bonds. The van der Waals surface area contributed by atoms with E-state index in [2.05, 4.69) is 92.2 Å². The van der Waals surface area contributed by atoms with E-state index in [9.17, 15) is 0 Å². The number of nitrogens with zero attached hydrogens (tertiary/aromatic N) is 3. The highest BCUT2D eigenvalue weighted by Gasteiger charge is 2.17. The number of anilines is 1. The van der Waals surface area contributed by atoms with Crippen LogP contribution >= 0.6 is 0 Å². The summed E-state index contributed by atoms with van der Waals surface area (Å²) < 4.78 is 5.50. The standard InChI is InChI=1S/C27H33N5O/c1-28-27(30-20-24-13-8-14-29-26(24)32-15-17-33-18-16-32)31-21-25(23-11-6-3-7-12-23)19-22-9-4-2-5-10-22/h2-14,25H,15-21H2,1H3,(H2,28,30,31). The van der Waals surface area contributed by atoms with Crippen LogP contribution < -0.4 is 15.5 Å². The van der Waals surface area contributed by atoms with E-state index in [1.165, 1.54) is 11.1 Å². The molecule has 1 aliphatic heterocycles. The second kappa shape index (κ2) is 12.0. The number of benzene rings is 2. The average Bonchev–Trinajstić information content (AvgIpc) is 2.90. The first-order valence-electron chi connectivity index (χ1n) is 11.6. The van der Waals surface area contributed by atoms with E-state index in [1.807, 2.05) is 19.3 Å². The molecule has 2 aromatic carbocycles. The number of hydrogen-bond acceptors (Lipinski definition) is 4. The van der Waals surface area contributed by atoms with Gasteiger partial charge in [-0.1, -0.05) is 66.7 Å². The van der Waals surface area contributed by atoms with Gasteiger partial charge in [-0.3, -0.25) is 4.99 Å². The number of ether oxygens (including phenoxy) is 1. The van der Waals surface area contributed by atoms with Gasteiger partial charge in [-0.25, -0.2) is 4.98 Å². The van der Waals surface area contributed by atoms with Gasteiger partial charge in [0.25, 0.3) is 0 Å². The molecule has 0 spiro atoms. The van der Waals surface area contributed by atoms with Gasteiger partial charge in [0.15, 0.2) is 5.96 Å². The molecule has 1 fully saturated rings. The lowest BCUT2D eigenvalue weighted by Crippen LogP contribution is -2.40. The summed E-state index contributed by atoms with van der Waals surface area (Å²) >= 11 is 0. The molecule has 0 aliphatic carbocycles. The number of aromatic nitrogens is 1. The van der Waals surface area contributed by atoms with E-state index in [-0.39, 0.29) is 0 Å². The highest BCUT2D eigenvalue weighted by atomic mass is 16.5. The Morgan fingerprint density at radius 1 is 0.970 bits per heavy atom. The Bertz CT molecular complexity index is 1000. The normalized spacial score (nSPS) is 15.2. The molecule has 2 heterocycles. The number of hydrogen-bond donors (Lipinski definition) is 2. The molecular weight excluding hydrogens is 410 g/mol. The molecule has 6 nitrogen and oxygen atoms in total. The van der Waals surface area contributed by atoms with E-state index < -0.39 is 0 Å². The Morgan fingerprint density at radius 3 is 2.42 bits per heavy atom. The third kappa shape index (κ3) is 6.56. The van der Waals surface area contributed by atoms with E-state index in [0.717, 1.165) is 56.6 Å². The molecule has 1 aromatic heterocycles. The molecule has 1 unspecified atom stereocenters. The van der Waals surface area contributed by atoms with Crippen molar-refractivity contribution in [1.82, 2.24) is 15.6 Å². The van der Waals surface area contributed by atoms with Crippen LogP contribution in [0.4, 0.5) is 5.82 Å². The summed E-state index contributed by atoms with van der Waals surface area (Å²) in [5.41, 5.74) is 3.82. The summed E-state index contributed by atoms with van der Waals surface area (Å²) in [6, 6.07) is 25.5. The fourth-order valence-corrected chi connectivity index (χ4v) is 4.18. The number of rotatable bonds is 8. The minimum absolute atomic E-state index is 0.342. The maximum atomic E-state index is 5.50. The van der Waals surface area contributed by atoms with Crippen LogP contribution in [-0.4, -0.2) is 50.8 Å². The summed E-state index contributed by atoms with van der Waals surface area (Å²) in [6.45, 7) is 4.69. The number of pyridine rings is 1. The quantitative estimate of drug-likeness (QED) is 0.411. The van der Waals surface area contributed by atoms with Crippen molar-refractivity contribution in [1.29, 1.82) is 0 Å². The van der Waals surface area contributed by atoms with Gasteiger partial charge in [0.1, 0.15) is 5.82 Å². The van der Waals surface area contributed by atoms with Gasteiger partial charge >= 0.3 is 0 Å². The van der Waals surface area contributed by atoms with Gasteiger partial charge in [0.2, 0.25) is 0 Å². The highest BCUT2D eigenvalue weighted by molar-refractivity contribution is 5.79. The molecular formula is C27H33N5O. The number of aliphatic imine (C=N–C) groups is 1. The minimum Gasteiger partial charge on any atom is -0.378 e. The topological polar surface area (TPSA) is 61.8 Å². The van der Waals surface area contributed by atoms with Gasteiger partial charge in [0, 0.05) is 50.9 Å². The Morgan fingerprint density at radius 2 is 1.70 bits per heavy atom. The van der Waals surface area contributed by atoms with Crippen molar-refractivity contribution < 1.29 is 4.74 Å². The zero-order valence-electron chi connectivity index (χ0n) is 19.3. The monoisotopic (exact) mass is 443 g/mol. The minimum atomic E-state index is 0.342. The van der Waals surface area contributed by atoms with Crippen molar-refractivity contribution in [3.05, 3.63) is 95.7 Å². The van der Waals surface area contributed by atoms with E-state index >= 15 is 0 Å². The van der Waals surface area contributed by atoms with Crippen LogP contribution in [0.25, 0.3) is 0 Å². The molecule has 4 rings (SSSR count). The number of guanidine groups is 1. The fourth-order valence-electron chi connectivity index (χ4n) is 4.18. The summed E-state index contributed by atoms with van der Waals surface area (Å²) in [7, 11) is 1.82. The highest BCUT2D eigenvalue weighted by Crippen LogP contribution is 2.21. The zero-order chi connectivity index (χ0) is 22.7. The lowest BCUT2D eigenvalue weighted by atomic mass is 9.92. The first-order chi connectivity index (χ1) is 16.3. The van der Waals surface area contributed by atoms with Crippen LogP contribution in [0, 0.1) is 0 Å². The van der Waals surface area contributed by atoms with Crippen molar-refractivity contribution in [3.8, 4) is 0 Å². The summed E-state index contributed by atoms with van der Waals surface area (Å²) in [4.78, 5) is 11.4. The zero-order valence-corrected chi connectivity index (χ0v) is 19.3. The van der Waals surface area contributed by atoms with Gasteiger partial charge in [0.05, 0.1) is 13.2 Å². The van der Waals surface area contributed by atoms with Crippen LogP contribution in [0.1, 0.15) is 22.6 Å². The molecule has 1 saturated heterocycles. The third-order valence-corrected chi connectivity index (χ3v) is 5.96. The summed E-state index contributed by atoms with van der Waals surface area (Å²) in [6.07, 6.45) is 2.83. The molecule has 172 valence electrons. The third-order valence-electron chi connectivity index (χ3n) is 5.96. The maximum absolute atomic E-state index is 5.50. The maximum Gasteiger partial charge on any atom is 0.191 e. The van der Waals surface area contributed by atoms with Crippen LogP contribution in [-0.2, 0) is 17.7 Å². The van der Waals surface area contributed by atoms with Gasteiger partial charge < -0.3 is 20.3 Å².